The molecule has 1 aliphatic rings. The number of halogens is 1. The summed E-state index contributed by atoms with van der Waals surface area (Å²) < 4.78 is 5.43. The second kappa shape index (κ2) is 6.78. The maximum absolute atomic E-state index is 11.9. The molecule has 1 N–H and O–H groups in total. The summed E-state index contributed by atoms with van der Waals surface area (Å²) in [7, 11) is 0. The van der Waals surface area contributed by atoms with E-state index in [1.165, 1.54) is 0 Å². The fourth-order valence-electron chi connectivity index (χ4n) is 2.13. The lowest BCUT2D eigenvalue weighted by Crippen LogP contribution is -2.41. The minimum absolute atomic E-state index is 0.00802. The van der Waals surface area contributed by atoms with E-state index in [0.717, 1.165) is 12.8 Å². The number of ether oxygens (including phenoxy) is 1. The van der Waals surface area contributed by atoms with Crippen LogP contribution >= 0.6 is 11.6 Å². The maximum atomic E-state index is 11.9. The minimum atomic E-state index is -0.00802. The van der Waals surface area contributed by atoms with Gasteiger partial charge in [-0.25, -0.2) is 0 Å². The molecule has 1 aliphatic heterocycles. The van der Waals surface area contributed by atoms with Crippen molar-refractivity contribution in [1.82, 2.24) is 4.90 Å². The quantitative estimate of drug-likeness (QED) is 0.919. The Bertz CT molecular complexity index is 413. The zero-order valence-corrected chi connectivity index (χ0v) is 11.5. The van der Waals surface area contributed by atoms with Crippen molar-refractivity contribution < 1.29 is 14.6 Å². The highest BCUT2D eigenvalue weighted by Gasteiger charge is 2.22. The fourth-order valence-corrected chi connectivity index (χ4v) is 2.26. The number of carbonyl (C=O) groups is 1. The Morgan fingerprint density at radius 3 is 2.53 bits per heavy atom. The molecule has 2 rings (SSSR count). The molecule has 1 aromatic carbocycles. The van der Waals surface area contributed by atoms with E-state index in [2.05, 4.69) is 0 Å². The molecule has 104 valence electrons. The molecule has 0 spiro atoms. The number of benzene rings is 1. The van der Waals surface area contributed by atoms with E-state index < -0.39 is 0 Å². The number of rotatable bonds is 4. The van der Waals surface area contributed by atoms with Crippen LogP contribution in [-0.2, 0) is 4.79 Å². The highest BCUT2D eigenvalue weighted by Crippen LogP contribution is 2.18. The van der Waals surface area contributed by atoms with Crippen LogP contribution in [0.1, 0.15) is 12.8 Å². The van der Waals surface area contributed by atoms with E-state index in [1.807, 2.05) is 0 Å². The zero-order valence-electron chi connectivity index (χ0n) is 10.7. The predicted molar refractivity (Wildman–Crippen MR) is 73.3 cm³/mol. The molecule has 0 aliphatic carbocycles. The molecular formula is C14H18ClNO3. The maximum Gasteiger partial charge on any atom is 0.260 e. The van der Waals surface area contributed by atoms with Gasteiger partial charge in [0.05, 0.1) is 0 Å². The first-order chi connectivity index (χ1) is 9.19. The number of carbonyl (C=O) groups excluding carboxylic acids is 1. The van der Waals surface area contributed by atoms with Crippen LogP contribution in [0.3, 0.4) is 0 Å². The Hall–Kier alpha value is -1.26. The van der Waals surface area contributed by atoms with Gasteiger partial charge in [-0.05, 0) is 43.0 Å². The number of likely N-dealkylation sites (tertiary alicyclic amines) is 1. The number of aliphatic hydroxyl groups excluding tert-OH is 1. The molecule has 0 unspecified atom stereocenters. The molecule has 0 atom stereocenters. The summed E-state index contributed by atoms with van der Waals surface area (Å²) in [6, 6.07) is 6.95. The average molecular weight is 284 g/mol. The van der Waals surface area contributed by atoms with Gasteiger partial charge in [-0.2, -0.15) is 0 Å². The number of piperidine rings is 1. The zero-order chi connectivity index (χ0) is 13.7. The molecule has 0 radical (unpaired) electrons. The Kier molecular flexibility index (Phi) is 5.05. The monoisotopic (exact) mass is 283 g/mol. The lowest BCUT2D eigenvalue weighted by Gasteiger charge is -2.31. The summed E-state index contributed by atoms with van der Waals surface area (Å²) in [5.41, 5.74) is 0. The van der Waals surface area contributed by atoms with E-state index in [1.54, 1.807) is 29.2 Å². The van der Waals surface area contributed by atoms with Gasteiger partial charge in [-0.15, -0.1) is 0 Å². The molecule has 0 aromatic heterocycles. The largest absolute Gasteiger partial charge is 0.484 e. The van der Waals surface area contributed by atoms with Gasteiger partial charge in [-0.3, -0.25) is 4.79 Å². The SMILES string of the molecule is O=C(COc1ccc(Cl)cc1)N1CCC(CO)CC1. The Morgan fingerprint density at radius 2 is 1.95 bits per heavy atom. The van der Waals surface area contributed by atoms with E-state index in [-0.39, 0.29) is 19.1 Å². The van der Waals surface area contributed by atoms with Gasteiger partial charge in [-0.1, -0.05) is 11.6 Å². The van der Waals surface area contributed by atoms with Gasteiger partial charge >= 0.3 is 0 Å². The summed E-state index contributed by atoms with van der Waals surface area (Å²) in [6.45, 7) is 1.66. The molecule has 1 heterocycles. The van der Waals surface area contributed by atoms with Gasteiger partial charge in [0.2, 0.25) is 0 Å². The van der Waals surface area contributed by atoms with E-state index in [0.29, 0.717) is 29.8 Å². The summed E-state index contributed by atoms with van der Waals surface area (Å²) >= 11 is 5.77. The van der Waals surface area contributed by atoms with Crippen LogP contribution in [0.2, 0.25) is 5.02 Å². The topological polar surface area (TPSA) is 49.8 Å². The molecule has 5 heteroatoms. The third-order valence-electron chi connectivity index (χ3n) is 3.40. The number of hydrogen-bond donors (Lipinski definition) is 1. The van der Waals surface area contributed by atoms with Crippen LogP contribution in [0.15, 0.2) is 24.3 Å². The van der Waals surface area contributed by atoms with Crippen LogP contribution in [0.5, 0.6) is 5.75 Å². The minimum Gasteiger partial charge on any atom is -0.484 e. The summed E-state index contributed by atoms with van der Waals surface area (Å²) in [4.78, 5) is 13.7. The molecule has 1 amide bonds. The predicted octanol–water partition coefficient (Wildman–Crippen LogP) is 1.95. The number of aliphatic hydroxyl groups is 1. The highest BCUT2D eigenvalue weighted by atomic mass is 35.5. The van der Waals surface area contributed by atoms with Crippen LogP contribution in [0.4, 0.5) is 0 Å². The molecule has 1 saturated heterocycles. The van der Waals surface area contributed by atoms with Crippen molar-refractivity contribution >= 4 is 17.5 Å². The van der Waals surface area contributed by atoms with Crippen LogP contribution < -0.4 is 4.74 Å². The average Bonchev–Trinajstić information content (AvgIpc) is 2.46. The third-order valence-corrected chi connectivity index (χ3v) is 3.65. The molecule has 1 aromatic rings. The van der Waals surface area contributed by atoms with Crippen LogP contribution in [-0.4, -0.2) is 42.2 Å². The number of amides is 1. The molecular weight excluding hydrogens is 266 g/mol. The first kappa shape index (κ1) is 14.2. The number of nitrogens with zero attached hydrogens (tertiary/aromatic N) is 1. The summed E-state index contributed by atoms with van der Waals surface area (Å²) in [6.07, 6.45) is 1.73. The van der Waals surface area contributed by atoms with Gasteiger partial charge in [0.1, 0.15) is 5.75 Å². The molecule has 1 fully saturated rings. The standard InChI is InChI=1S/C14H18ClNO3/c15-12-1-3-13(4-2-12)19-10-14(18)16-7-5-11(9-17)6-8-16/h1-4,11,17H,5-10H2. The second-order valence-electron chi connectivity index (χ2n) is 4.75. The van der Waals surface area contributed by atoms with E-state index in [9.17, 15) is 4.79 Å². The molecule has 0 saturated carbocycles. The molecule has 0 bridgehead atoms. The van der Waals surface area contributed by atoms with E-state index in [4.69, 9.17) is 21.4 Å². The molecule has 4 nitrogen and oxygen atoms in total. The normalized spacial score (nSPS) is 16.4. The van der Waals surface area contributed by atoms with Gasteiger partial charge in [0.25, 0.3) is 5.91 Å². The smallest absolute Gasteiger partial charge is 0.260 e. The van der Waals surface area contributed by atoms with Crippen molar-refractivity contribution in [2.75, 3.05) is 26.3 Å². The van der Waals surface area contributed by atoms with Crippen molar-refractivity contribution in [2.24, 2.45) is 5.92 Å². The first-order valence-corrected chi connectivity index (χ1v) is 6.84. The highest BCUT2D eigenvalue weighted by molar-refractivity contribution is 6.30. The third kappa shape index (κ3) is 4.11. The Morgan fingerprint density at radius 1 is 1.32 bits per heavy atom. The van der Waals surface area contributed by atoms with Crippen molar-refractivity contribution in [3.8, 4) is 5.75 Å². The Labute approximate surface area is 117 Å². The first-order valence-electron chi connectivity index (χ1n) is 6.46. The van der Waals surface area contributed by atoms with Gasteiger partial charge < -0.3 is 14.7 Å². The van der Waals surface area contributed by atoms with Crippen molar-refractivity contribution in [3.05, 3.63) is 29.3 Å². The van der Waals surface area contributed by atoms with Crippen molar-refractivity contribution in [3.63, 3.8) is 0 Å². The molecule has 19 heavy (non-hydrogen) atoms. The van der Waals surface area contributed by atoms with Gasteiger partial charge in [0, 0.05) is 24.7 Å². The Balaban J connectivity index is 1.77. The summed E-state index contributed by atoms with van der Waals surface area (Å²) in [5, 5.41) is 9.69. The van der Waals surface area contributed by atoms with E-state index >= 15 is 0 Å². The van der Waals surface area contributed by atoms with Crippen molar-refractivity contribution in [1.29, 1.82) is 0 Å². The van der Waals surface area contributed by atoms with Gasteiger partial charge in [0.15, 0.2) is 6.61 Å². The fraction of sp³-hybridized carbons (Fsp3) is 0.500. The van der Waals surface area contributed by atoms with Crippen molar-refractivity contribution in [2.45, 2.75) is 12.8 Å². The number of hydrogen-bond acceptors (Lipinski definition) is 3. The van der Waals surface area contributed by atoms with Crippen LogP contribution in [0, 0.1) is 5.92 Å². The lowest BCUT2D eigenvalue weighted by atomic mass is 9.98. The second-order valence-corrected chi connectivity index (χ2v) is 5.19. The lowest BCUT2D eigenvalue weighted by molar-refractivity contribution is -0.134. The van der Waals surface area contributed by atoms with Crippen LogP contribution in [0.25, 0.3) is 0 Å². The summed E-state index contributed by atoms with van der Waals surface area (Å²) in [5.74, 6) is 0.968.